The van der Waals surface area contributed by atoms with Crippen molar-refractivity contribution in [3.05, 3.63) is 68.7 Å². The summed E-state index contributed by atoms with van der Waals surface area (Å²) in [4.78, 5) is 11.1. The van der Waals surface area contributed by atoms with E-state index in [9.17, 15) is 10.1 Å². The van der Waals surface area contributed by atoms with Crippen LogP contribution in [-0.2, 0) is 5.75 Å². The van der Waals surface area contributed by atoms with Gasteiger partial charge in [-0.3, -0.25) is 15.5 Å². The van der Waals surface area contributed by atoms with E-state index in [-0.39, 0.29) is 11.5 Å². The van der Waals surface area contributed by atoms with Crippen molar-refractivity contribution in [2.24, 2.45) is 5.73 Å². The highest BCUT2D eigenvalue weighted by Gasteiger charge is 2.13. The van der Waals surface area contributed by atoms with E-state index in [0.29, 0.717) is 21.2 Å². The monoisotopic (exact) mass is 321 g/mol. The van der Waals surface area contributed by atoms with Gasteiger partial charge in [-0.2, -0.15) is 0 Å². The standard InChI is InChI=1S/C14H12ClN3O2S/c15-11-7-9(14(16)17)5-6-10(11)8-21-13-4-2-1-3-12(13)18(19)20/h1-7H,8H2,(H3,16,17). The van der Waals surface area contributed by atoms with Gasteiger partial charge in [-0.05, 0) is 17.7 Å². The van der Waals surface area contributed by atoms with Crippen LogP contribution in [0.4, 0.5) is 5.69 Å². The number of thioether (sulfide) groups is 1. The van der Waals surface area contributed by atoms with E-state index < -0.39 is 4.92 Å². The molecule has 2 aromatic rings. The first-order valence-electron chi connectivity index (χ1n) is 5.98. The van der Waals surface area contributed by atoms with E-state index in [4.69, 9.17) is 22.7 Å². The predicted octanol–water partition coefficient (Wildman–Crippen LogP) is 3.82. The summed E-state index contributed by atoms with van der Waals surface area (Å²) < 4.78 is 0. The second-order valence-corrected chi connectivity index (χ2v) is 5.66. The maximum Gasteiger partial charge on any atom is 0.282 e. The van der Waals surface area contributed by atoms with Gasteiger partial charge in [0.25, 0.3) is 5.69 Å². The zero-order chi connectivity index (χ0) is 15.4. The van der Waals surface area contributed by atoms with Crippen molar-refractivity contribution in [2.45, 2.75) is 10.6 Å². The Balaban J connectivity index is 2.17. The van der Waals surface area contributed by atoms with Crippen LogP contribution in [0.15, 0.2) is 47.4 Å². The highest BCUT2D eigenvalue weighted by Crippen LogP contribution is 2.33. The van der Waals surface area contributed by atoms with E-state index in [1.165, 1.54) is 17.8 Å². The van der Waals surface area contributed by atoms with Gasteiger partial charge in [0.15, 0.2) is 0 Å². The van der Waals surface area contributed by atoms with Gasteiger partial charge in [0, 0.05) is 22.4 Å². The molecule has 0 heterocycles. The lowest BCUT2D eigenvalue weighted by atomic mass is 10.1. The molecule has 3 N–H and O–H groups in total. The van der Waals surface area contributed by atoms with Crippen LogP contribution in [0.5, 0.6) is 0 Å². The lowest BCUT2D eigenvalue weighted by molar-refractivity contribution is -0.387. The molecule has 0 saturated heterocycles. The Hall–Kier alpha value is -2.05. The number of nitrogens with zero attached hydrogens (tertiary/aromatic N) is 1. The highest BCUT2D eigenvalue weighted by atomic mass is 35.5. The number of halogens is 1. The molecule has 0 saturated carbocycles. The first kappa shape index (κ1) is 15.3. The van der Waals surface area contributed by atoms with Gasteiger partial charge in [0.1, 0.15) is 5.84 Å². The van der Waals surface area contributed by atoms with Crippen molar-refractivity contribution in [2.75, 3.05) is 0 Å². The number of nitro groups is 1. The Labute approximate surface area is 130 Å². The SMILES string of the molecule is N=C(N)c1ccc(CSc2ccccc2[N+](=O)[O-])c(Cl)c1. The van der Waals surface area contributed by atoms with Crippen molar-refractivity contribution in [1.82, 2.24) is 0 Å². The molecule has 0 aliphatic rings. The van der Waals surface area contributed by atoms with Crippen LogP contribution in [0.25, 0.3) is 0 Å². The largest absolute Gasteiger partial charge is 0.384 e. The number of nitrogen functional groups attached to an aromatic ring is 1. The molecular weight excluding hydrogens is 310 g/mol. The molecule has 0 unspecified atom stereocenters. The minimum atomic E-state index is -0.400. The minimum Gasteiger partial charge on any atom is -0.384 e. The smallest absolute Gasteiger partial charge is 0.282 e. The fourth-order valence-corrected chi connectivity index (χ4v) is 3.07. The molecule has 0 spiro atoms. The van der Waals surface area contributed by atoms with Crippen LogP contribution in [-0.4, -0.2) is 10.8 Å². The maximum atomic E-state index is 10.9. The average Bonchev–Trinajstić information content (AvgIpc) is 2.46. The molecular formula is C14H12ClN3O2S. The van der Waals surface area contributed by atoms with Crippen LogP contribution in [0.3, 0.4) is 0 Å². The van der Waals surface area contributed by atoms with Gasteiger partial charge in [-0.15, -0.1) is 11.8 Å². The Morgan fingerprint density at radius 2 is 2.05 bits per heavy atom. The topological polar surface area (TPSA) is 93.0 Å². The second-order valence-electron chi connectivity index (χ2n) is 4.23. The zero-order valence-corrected chi connectivity index (χ0v) is 12.4. The molecule has 0 aliphatic heterocycles. The lowest BCUT2D eigenvalue weighted by Crippen LogP contribution is -2.10. The molecule has 0 aliphatic carbocycles. The van der Waals surface area contributed by atoms with E-state index in [1.54, 1.807) is 36.4 Å². The van der Waals surface area contributed by atoms with Crippen LogP contribution in [0, 0.1) is 15.5 Å². The second kappa shape index (κ2) is 6.60. The fraction of sp³-hybridized carbons (Fsp3) is 0.0714. The summed E-state index contributed by atoms with van der Waals surface area (Å²) in [7, 11) is 0. The quantitative estimate of drug-likeness (QED) is 0.288. The average molecular weight is 322 g/mol. The molecule has 5 nitrogen and oxygen atoms in total. The number of nitro benzene ring substituents is 1. The summed E-state index contributed by atoms with van der Waals surface area (Å²) >= 11 is 7.49. The molecule has 108 valence electrons. The van der Waals surface area contributed by atoms with Gasteiger partial charge >= 0.3 is 0 Å². The third-order valence-corrected chi connectivity index (χ3v) is 4.27. The van der Waals surface area contributed by atoms with Crippen LogP contribution >= 0.6 is 23.4 Å². The molecule has 0 fully saturated rings. The zero-order valence-electron chi connectivity index (χ0n) is 10.9. The minimum absolute atomic E-state index is 0.0465. The molecule has 7 heteroatoms. The molecule has 0 radical (unpaired) electrons. The van der Waals surface area contributed by atoms with Crippen LogP contribution in [0.1, 0.15) is 11.1 Å². The van der Waals surface area contributed by atoms with E-state index in [0.717, 1.165) is 5.56 Å². The normalized spacial score (nSPS) is 10.3. The molecule has 0 aromatic heterocycles. The van der Waals surface area contributed by atoms with Crippen LogP contribution in [0.2, 0.25) is 5.02 Å². The van der Waals surface area contributed by atoms with Gasteiger partial charge in [-0.25, -0.2) is 0 Å². The van der Waals surface area contributed by atoms with Crippen molar-refractivity contribution in [3.63, 3.8) is 0 Å². The van der Waals surface area contributed by atoms with Crippen molar-refractivity contribution in [1.29, 1.82) is 5.41 Å². The molecule has 0 atom stereocenters. The molecule has 21 heavy (non-hydrogen) atoms. The number of nitrogens with one attached hydrogen (secondary N) is 1. The summed E-state index contributed by atoms with van der Waals surface area (Å²) in [5.41, 5.74) is 6.87. The first-order chi connectivity index (χ1) is 9.99. The Morgan fingerprint density at radius 3 is 2.67 bits per heavy atom. The number of benzene rings is 2. The predicted molar refractivity (Wildman–Crippen MR) is 85.1 cm³/mol. The summed E-state index contributed by atoms with van der Waals surface area (Å²) in [5, 5.41) is 18.8. The molecule has 0 amide bonds. The summed E-state index contributed by atoms with van der Waals surface area (Å²) in [5.74, 6) is 0.455. The molecule has 0 bridgehead atoms. The fourth-order valence-electron chi connectivity index (χ4n) is 1.72. The number of rotatable bonds is 5. The van der Waals surface area contributed by atoms with Gasteiger partial charge in [-0.1, -0.05) is 35.9 Å². The number of hydrogen-bond donors (Lipinski definition) is 2. The van der Waals surface area contributed by atoms with Crippen molar-refractivity contribution in [3.8, 4) is 0 Å². The van der Waals surface area contributed by atoms with E-state index in [1.807, 2.05) is 0 Å². The van der Waals surface area contributed by atoms with Gasteiger partial charge in [0.05, 0.1) is 9.82 Å². The third kappa shape index (κ3) is 3.74. The van der Waals surface area contributed by atoms with Crippen molar-refractivity contribution >= 4 is 34.9 Å². The van der Waals surface area contributed by atoms with Gasteiger partial charge in [0.2, 0.25) is 0 Å². The Bertz CT molecular complexity index is 706. The highest BCUT2D eigenvalue weighted by molar-refractivity contribution is 7.98. The molecule has 2 aromatic carbocycles. The Kier molecular flexibility index (Phi) is 4.82. The summed E-state index contributed by atoms with van der Waals surface area (Å²) in [6, 6.07) is 11.7. The summed E-state index contributed by atoms with van der Waals surface area (Å²) in [6.07, 6.45) is 0. The molecule has 2 rings (SSSR count). The number of nitrogens with two attached hydrogens (primary N) is 1. The van der Waals surface area contributed by atoms with E-state index in [2.05, 4.69) is 0 Å². The Morgan fingerprint density at radius 1 is 1.33 bits per heavy atom. The summed E-state index contributed by atoms with van der Waals surface area (Å²) in [6.45, 7) is 0. The number of hydrogen-bond acceptors (Lipinski definition) is 4. The number of amidine groups is 1. The number of para-hydroxylation sites is 1. The third-order valence-electron chi connectivity index (χ3n) is 2.81. The van der Waals surface area contributed by atoms with Crippen molar-refractivity contribution < 1.29 is 4.92 Å². The van der Waals surface area contributed by atoms with Gasteiger partial charge < -0.3 is 5.73 Å². The lowest BCUT2D eigenvalue weighted by Gasteiger charge is -2.07. The first-order valence-corrected chi connectivity index (χ1v) is 7.34. The van der Waals surface area contributed by atoms with E-state index >= 15 is 0 Å². The van der Waals surface area contributed by atoms with Crippen LogP contribution < -0.4 is 5.73 Å². The maximum absolute atomic E-state index is 10.9.